The second-order valence-electron chi connectivity index (χ2n) is 7.60. The summed E-state index contributed by atoms with van der Waals surface area (Å²) in [7, 11) is 0. The lowest BCUT2D eigenvalue weighted by atomic mass is 9.87. The summed E-state index contributed by atoms with van der Waals surface area (Å²) in [5.41, 5.74) is 7.36. The summed E-state index contributed by atoms with van der Waals surface area (Å²) in [6.45, 7) is 6.90. The van der Waals surface area contributed by atoms with E-state index in [9.17, 15) is 0 Å². The van der Waals surface area contributed by atoms with Gasteiger partial charge in [0.15, 0.2) is 0 Å². The third-order valence-electron chi connectivity index (χ3n) is 5.51. The van der Waals surface area contributed by atoms with Gasteiger partial charge in [-0.25, -0.2) is 0 Å². The first kappa shape index (κ1) is 15.0. The zero-order valence-corrected chi connectivity index (χ0v) is 14.4. The Labute approximate surface area is 140 Å². The summed E-state index contributed by atoms with van der Waals surface area (Å²) < 4.78 is 0. The summed E-state index contributed by atoms with van der Waals surface area (Å²) in [5.74, 6) is 0.961. The number of nitrogens with zero attached hydrogens (tertiary/aromatic N) is 1. The maximum atomic E-state index is 2.76. The predicted molar refractivity (Wildman–Crippen MR) is 96.8 cm³/mol. The van der Waals surface area contributed by atoms with Crippen molar-refractivity contribution < 1.29 is 0 Å². The van der Waals surface area contributed by atoms with Gasteiger partial charge in [-0.1, -0.05) is 53.6 Å². The molecular formula is C22H27N. The smallest absolute Gasteiger partial charge is 0.0391 e. The number of aryl methyl sites for hydroxylation is 2. The number of benzene rings is 2. The molecule has 0 radical (unpaired) electrons. The van der Waals surface area contributed by atoms with Crippen molar-refractivity contribution in [3.05, 3.63) is 70.3 Å². The standard InChI is InChI=1S/C22H27N/c1-16-3-6-18(7-4-16)14-22-21-10-5-17(2)13-20(21)11-12-23(22)15-19-8-9-19/h3-7,10,13,19,22H,8-9,11-12,14-15H2,1-2H3/t22-/m1/s1. The van der Waals surface area contributed by atoms with Crippen molar-refractivity contribution in [3.63, 3.8) is 0 Å². The van der Waals surface area contributed by atoms with Crippen LogP contribution in [-0.2, 0) is 12.8 Å². The van der Waals surface area contributed by atoms with Crippen LogP contribution in [0.25, 0.3) is 0 Å². The summed E-state index contributed by atoms with van der Waals surface area (Å²) in [5, 5.41) is 0. The first-order chi connectivity index (χ1) is 11.2. The van der Waals surface area contributed by atoms with Crippen LogP contribution in [0.5, 0.6) is 0 Å². The molecule has 1 heteroatoms. The van der Waals surface area contributed by atoms with Crippen molar-refractivity contribution in [2.24, 2.45) is 5.92 Å². The van der Waals surface area contributed by atoms with Crippen LogP contribution in [0.1, 0.15) is 46.7 Å². The molecule has 0 unspecified atom stereocenters. The van der Waals surface area contributed by atoms with Gasteiger partial charge in [0.25, 0.3) is 0 Å². The van der Waals surface area contributed by atoms with Gasteiger partial charge >= 0.3 is 0 Å². The van der Waals surface area contributed by atoms with Gasteiger partial charge in [-0.3, -0.25) is 4.90 Å². The van der Waals surface area contributed by atoms with E-state index in [0.29, 0.717) is 6.04 Å². The van der Waals surface area contributed by atoms with E-state index < -0.39 is 0 Å². The van der Waals surface area contributed by atoms with E-state index in [1.165, 1.54) is 49.0 Å². The summed E-state index contributed by atoms with van der Waals surface area (Å²) in [6.07, 6.45) is 5.24. The quantitative estimate of drug-likeness (QED) is 0.780. The van der Waals surface area contributed by atoms with Crippen molar-refractivity contribution in [1.29, 1.82) is 0 Å². The van der Waals surface area contributed by atoms with E-state index in [1.54, 1.807) is 11.1 Å². The summed E-state index contributed by atoms with van der Waals surface area (Å²) >= 11 is 0. The fourth-order valence-electron chi connectivity index (χ4n) is 3.93. The molecule has 1 saturated carbocycles. The highest BCUT2D eigenvalue weighted by molar-refractivity contribution is 5.37. The van der Waals surface area contributed by atoms with Crippen molar-refractivity contribution in [2.45, 2.75) is 45.6 Å². The molecule has 4 rings (SSSR count). The largest absolute Gasteiger partial charge is 0.295 e. The van der Waals surface area contributed by atoms with Gasteiger partial charge in [0.05, 0.1) is 0 Å². The Bertz CT molecular complexity index is 682. The number of hydrogen-bond donors (Lipinski definition) is 0. The molecule has 0 saturated heterocycles. The minimum atomic E-state index is 0.558. The van der Waals surface area contributed by atoms with Crippen LogP contribution in [0, 0.1) is 19.8 Å². The van der Waals surface area contributed by atoms with Crippen molar-refractivity contribution in [1.82, 2.24) is 4.90 Å². The average molecular weight is 305 g/mol. The molecule has 2 aliphatic rings. The van der Waals surface area contributed by atoms with Crippen LogP contribution in [0.15, 0.2) is 42.5 Å². The molecule has 0 spiro atoms. The molecule has 23 heavy (non-hydrogen) atoms. The molecule has 120 valence electrons. The van der Waals surface area contributed by atoms with Crippen LogP contribution in [0.4, 0.5) is 0 Å². The normalized spacial score (nSPS) is 21.2. The molecule has 0 bridgehead atoms. The Kier molecular flexibility index (Phi) is 3.98. The molecule has 0 amide bonds. The molecule has 1 aliphatic carbocycles. The maximum Gasteiger partial charge on any atom is 0.0391 e. The Balaban J connectivity index is 1.64. The molecule has 1 fully saturated rings. The van der Waals surface area contributed by atoms with Gasteiger partial charge in [-0.15, -0.1) is 0 Å². The van der Waals surface area contributed by atoms with E-state index in [2.05, 4.69) is 61.2 Å². The van der Waals surface area contributed by atoms with E-state index in [1.807, 2.05) is 0 Å². The van der Waals surface area contributed by atoms with Crippen LogP contribution < -0.4 is 0 Å². The zero-order chi connectivity index (χ0) is 15.8. The third-order valence-corrected chi connectivity index (χ3v) is 5.51. The summed E-state index contributed by atoms with van der Waals surface area (Å²) in [6, 6.07) is 16.8. The first-order valence-corrected chi connectivity index (χ1v) is 9.08. The fourth-order valence-corrected chi connectivity index (χ4v) is 3.93. The van der Waals surface area contributed by atoms with Gasteiger partial charge in [0.2, 0.25) is 0 Å². The summed E-state index contributed by atoms with van der Waals surface area (Å²) in [4.78, 5) is 2.76. The maximum absolute atomic E-state index is 2.76. The van der Waals surface area contributed by atoms with E-state index >= 15 is 0 Å². The van der Waals surface area contributed by atoms with Crippen LogP contribution >= 0.6 is 0 Å². The first-order valence-electron chi connectivity index (χ1n) is 9.08. The lowest BCUT2D eigenvalue weighted by Gasteiger charge is -2.38. The van der Waals surface area contributed by atoms with Crippen molar-refractivity contribution >= 4 is 0 Å². The van der Waals surface area contributed by atoms with Gasteiger partial charge in [0, 0.05) is 19.1 Å². The highest BCUT2D eigenvalue weighted by Crippen LogP contribution is 2.37. The van der Waals surface area contributed by atoms with E-state index in [4.69, 9.17) is 0 Å². The molecule has 1 heterocycles. The van der Waals surface area contributed by atoms with Gasteiger partial charge in [0.1, 0.15) is 0 Å². The monoisotopic (exact) mass is 305 g/mol. The molecule has 1 nitrogen and oxygen atoms in total. The Morgan fingerprint density at radius 2 is 1.70 bits per heavy atom. The van der Waals surface area contributed by atoms with Crippen molar-refractivity contribution in [3.8, 4) is 0 Å². The highest BCUT2D eigenvalue weighted by Gasteiger charge is 2.32. The molecule has 1 aliphatic heterocycles. The van der Waals surface area contributed by atoms with Crippen LogP contribution in [0.3, 0.4) is 0 Å². The third kappa shape index (κ3) is 3.35. The van der Waals surface area contributed by atoms with E-state index in [0.717, 1.165) is 12.3 Å². The van der Waals surface area contributed by atoms with Gasteiger partial charge in [-0.2, -0.15) is 0 Å². The lowest BCUT2D eigenvalue weighted by Crippen LogP contribution is -2.38. The molecular weight excluding hydrogens is 278 g/mol. The fraction of sp³-hybridized carbons (Fsp3) is 0.455. The number of rotatable bonds is 4. The topological polar surface area (TPSA) is 3.24 Å². The van der Waals surface area contributed by atoms with Gasteiger partial charge in [-0.05, 0) is 62.1 Å². The molecule has 0 N–H and O–H groups in total. The second-order valence-corrected chi connectivity index (χ2v) is 7.60. The average Bonchev–Trinajstić information content (AvgIpc) is 3.35. The number of hydrogen-bond acceptors (Lipinski definition) is 1. The van der Waals surface area contributed by atoms with E-state index in [-0.39, 0.29) is 0 Å². The van der Waals surface area contributed by atoms with Crippen LogP contribution in [-0.4, -0.2) is 18.0 Å². The lowest BCUT2D eigenvalue weighted by molar-refractivity contribution is 0.176. The Morgan fingerprint density at radius 1 is 0.957 bits per heavy atom. The van der Waals surface area contributed by atoms with Gasteiger partial charge < -0.3 is 0 Å². The van der Waals surface area contributed by atoms with Crippen molar-refractivity contribution in [2.75, 3.05) is 13.1 Å². The number of fused-ring (bicyclic) bond motifs is 1. The molecule has 0 aromatic heterocycles. The Hall–Kier alpha value is -1.60. The minimum Gasteiger partial charge on any atom is -0.295 e. The minimum absolute atomic E-state index is 0.558. The van der Waals surface area contributed by atoms with Crippen LogP contribution in [0.2, 0.25) is 0 Å². The molecule has 1 atom stereocenters. The molecule has 2 aromatic carbocycles. The predicted octanol–water partition coefficient (Wildman–Crippen LogP) is 4.86. The second kappa shape index (κ2) is 6.13. The molecule has 2 aromatic rings. The SMILES string of the molecule is Cc1ccc(C[C@@H]2c3ccc(C)cc3CCN2CC2CC2)cc1. The highest BCUT2D eigenvalue weighted by atomic mass is 15.2. The zero-order valence-electron chi connectivity index (χ0n) is 14.4. The Morgan fingerprint density at radius 3 is 2.43 bits per heavy atom.